The maximum absolute atomic E-state index is 4.60. The van der Waals surface area contributed by atoms with Crippen LogP contribution in [0, 0.1) is 5.41 Å². The van der Waals surface area contributed by atoms with Crippen molar-refractivity contribution in [2.24, 2.45) is 5.41 Å². The highest BCUT2D eigenvalue weighted by molar-refractivity contribution is 5.60. The van der Waals surface area contributed by atoms with Crippen molar-refractivity contribution in [2.75, 3.05) is 18.4 Å². The predicted molar refractivity (Wildman–Crippen MR) is 98.3 cm³/mol. The van der Waals surface area contributed by atoms with Gasteiger partial charge in [0.15, 0.2) is 0 Å². The van der Waals surface area contributed by atoms with Crippen LogP contribution in [0.15, 0.2) is 42.8 Å². The van der Waals surface area contributed by atoms with Gasteiger partial charge in [-0.15, -0.1) is 0 Å². The van der Waals surface area contributed by atoms with Crippen molar-refractivity contribution in [3.63, 3.8) is 0 Å². The van der Waals surface area contributed by atoms with E-state index in [1.165, 1.54) is 11.1 Å². The highest BCUT2D eigenvalue weighted by atomic mass is 15.0. The topological polar surface area (TPSA) is 37.0 Å². The monoisotopic (exact) mass is 309 g/mol. The molecule has 0 aliphatic carbocycles. The van der Waals surface area contributed by atoms with Gasteiger partial charge in [-0.25, -0.2) is 4.98 Å². The molecule has 0 saturated carbocycles. The van der Waals surface area contributed by atoms with Crippen molar-refractivity contribution in [3.8, 4) is 0 Å². The van der Waals surface area contributed by atoms with Crippen LogP contribution in [-0.4, -0.2) is 18.1 Å². The number of aromatic nitrogens is 1. The molecule has 2 aliphatic heterocycles. The Balaban J connectivity index is 1.81. The number of pyridine rings is 1. The van der Waals surface area contributed by atoms with Crippen LogP contribution in [0.3, 0.4) is 0 Å². The Morgan fingerprint density at radius 2 is 2.17 bits per heavy atom. The molecule has 0 amide bonds. The van der Waals surface area contributed by atoms with Crippen LogP contribution in [0.2, 0.25) is 0 Å². The predicted octanol–water partition coefficient (Wildman–Crippen LogP) is 4.30. The zero-order chi connectivity index (χ0) is 16.3. The zero-order valence-electron chi connectivity index (χ0n) is 14.1. The molecule has 1 fully saturated rings. The highest BCUT2D eigenvalue weighted by Crippen LogP contribution is 2.44. The summed E-state index contributed by atoms with van der Waals surface area (Å²) in [6.07, 6.45) is 11.7. The minimum Gasteiger partial charge on any atom is -0.344 e. The zero-order valence-corrected chi connectivity index (χ0v) is 14.1. The van der Waals surface area contributed by atoms with Crippen molar-refractivity contribution in [2.45, 2.75) is 39.0 Å². The van der Waals surface area contributed by atoms with Gasteiger partial charge >= 0.3 is 0 Å². The molecule has 0 radical (unpaired) electrons. The van der Waals surface area contributed by atoms with E-state index in [-0.39, 0.29) is 5.41 Å². The molecule has 23 heavy (non-hydrogen) atoms. The second-order valence-electron chi connectivity index (χ2n) is 6.83. The molecule has 3 nitrogen and oxygen atoms in total. The van der Waals surface area contributed by atoms with Crippen molar-refractivity contribution in [3.05, 3.63) is 53.9 Å². The Bertz CT molecular complexity index is 636. The molecule has 1 aromatic heterocycles. The van der Waals surface area contributed by atoms with Crippen LogP contribution in [0.4, 0.5) is 5.82 Å². The van der Waals surface area contributed by atoms with Gasteiger partial charge in [-0.05, 0) is 56.0 Å². The molecule has 1 spiro atoms. The first-order valence-corrected chi connectivity index (χ1v) is 8.65. The number of piperidine rings is 1. The molecule has 0 bridgehead atoms. The molecule has 1 aromatic rings. The van der Waals surface area contributed by atoms with Crippen LogP contribution in [0.25, 0.3) is 6.08 Å². The summed E-state index contributed by atoms with van der Waals surface area (Å²) in [6.45, 7) is 12.7. The molecule has 0 unspecified atom stereocenters. The first-order valence-electron chi connectivity index (χ1n) is 8.65. The molecule has 0 aromatic carbocycles. The van der Waals surface area contributed by atoms with E-state index in [2.05, 4.69) is 53.9 Å². The van der Waals surface area contributed by atoms with Crippen molar-refractivity contribution >= 4 is 11.9 Å². The smallest absolute Gasteiger partial charge is 0.133 e. The summed E-state index contributed by atoms with van der Waals surface area (Å²) >= 11 is 0. The van der Waals surface area contributed by atoms with E-state index in [1.807, 2.05) is 6.20 Å². The van der Waals surface area contributed by atoms with E-state index in [9.17, 15) is 0 Å². The quantitative estimate of drug-likeness (QED) is 0.814. The SMILES string of the molecule is C=C(/C=C/c1cnc2c(c1)CC1(CCNCC1)C(=C)N2)CCC. The van der Waals surface area contributed by atoms with E-state index >= 15 is 0 Å². The van der Waals surface area contributed by atoms with E-state index in [0.29, 0.717) is 0 Å². The molecule has 3 heteroatoms. The average molecular weight is 309 g/mol. The van der Waals surface area contributed by atoms with Gasteiger partial charge in [0.25, 0.3) is 0 Å². The highest BCUT2D eigenvalue weighted by Gasteiger charge is 2.39. The number of anilines is 1. The Morgan fingerprint density at radius 3 is 2.91 bits per heavy atom. The lowest BCUT2D eigenvalue weighted by atomic mass is 9.70. The molecule has 3 heterocycles. The maximum atomic E-state index is 4.60. The maximum Gasteiger partial charge on any atom is 0.133 e. The number of hydrogen-bond acceptors (Lipinski definition) is 3. The van der Waals surface area contributed by atoms with Crippen LogP contribution in [-0.2, 0) is 6.42 Å². The number of nitrogens with zero attached hydrogens (tertiary/aromatic N) is 1. The molecule has 2 N–H and O–H groups in total. The molecular formula is C20H27N3. The summed E-state index contributed by atoms with van der Waals surface area (Å²) < 4.78 is 0. The molecule has 122 valence electrons. The van der Waals surface area contributed by atoms with Gasteiger partial charge in [0.2, 0.25) is 0 Å². The van der Waals surface area contributed by atoms with Crippen LogP contribution in [0.1, 0.15) is 43.7 Å². The summed E-state index contributed by atoms with van der Waals surface area (Å²) in [5.74, 6) is 0.976. The van der Waals surface area contributed by atoms with E-state index in [1.54, 1.807) is 0 Å². The van der Waals surface area contributed by atoms with E-state index in [0.717, 1.165) is 62.3 Å². The van der Waals surface area contributed by atoms with Crippen LogP contribution in [0.5, 0.6) is 0 Å². The fourth-order valence-corrected chi connectivity index (χ4v) is 3.62. The van der Waals surface area contributed by atoms with Gasteiger partial charge in [-0.1, -0.05) is 44.2 Å². The van der Waals surface area contributed by atoms with Crippen LogP contribution >= 0.6 is 0 Å². The van der Waals surface area contributed by atoms with Crippen molar-refractivity contribution < 1.29 is 0 Å². The number of nitrogens with one attached hydrogen (secondary N) is 2. The first-order chi connectivity index (χ1) is 11.1. The summed E-state index contributed by atoms with van der Waals surface area (Å²) in [7, 11) is 0. The summed E-state index contributed by atoms with van der Waals surface area (Å²) in [5.41, 5.74) is 4.96. The minimum atomic E-state index is 0.189. The van der Waals surface area contributed by atoms with E-state index < -0.39 is 0 Å². The lowest BCUT2D eigenvalue weighted by Gasteiger charge is -2.43. The Hall–Kier alpha value is -1.87. The third-order valence-electron chi connectivity index (χ3n) is 5.07. The molecule has 2 aliphatic rings. The number of fused-ring (bicyclic) bond motifs is 1. The van der Waals surface area contributed by atoms with Crippen molar-refractivity contribution in [1.29, 1.82) is 0 Å². The molecular weight excluding hydrogens is 282 g/mol. The van der Waals surface area contributed by atoms with Gasteiger partial charge < -0.3 is 10.6 Å². The first kappa shape index (κ1) is 16.0. The fraction of sp³-hybridized carbons (Fsp3) is 0.450. The second kappa shape index (κ2) is 6.71. The number of allylic oxidation sites excluding steroid dienone is 3. The lowest BCUT2D eigenvalue weighted by Crippen LogP contribution is -2.43. The third kappa shape index (κ3) is 3.40. The fourth-order valence-electron chi connectivity index (χ4n) is 3.62. The number of hydrogen-bond donors (Lipinski definition) is 2. The normalized spacial score (nSPS) is 19.6. The Kier molecular flexibility index (Phi) is 4.67. The van der Waals surface area contributed by atoms with Gasteiger partial charge in [-0.2, -0.15) is 0 Å². The van der Waals surface area contributed by atoms with Gasteiger partial charge in [0, 0.05) is 17.3 Å². The summed E-state index contributed by atoms with van der Waals surface area (Å²) in [4.78, 5) is 4.60. The van der Waals surface area contributed by atoms with Gasteiger partial charge in [0.05, 0.1) is 0 Å². The Labute approximate surface area is 139 Å². The van der Waals surface area contributed by atoms with Gasteiger partial charge in [-0.3, -0.25) is 0 Å². The minimum absolute atomic E-state index is 0.189. The van der Waals surface area contributed by atoms with Crippen LogP contribution < -0.4 is 10.6 Å². The molecule has 0 atom stereocenters. The largest absolute Gasteiger partial charge is 0.344 e. The molecule has 1 saturated heterocycles. The van der Waals surface area contributed by atoms with Gasteiger partial charge in [0.1, 0.15) is 5.82 Å². The third-order valence-corrected chi connectivity index (χ3v) is 5.07. The second-order valence-corrected chi connectivity index (χ2v) is 6.83. The van der Waals surface area contributed by atoms with E-state index in [4.69, 9.17) is 0 Å². The Morgan fingerprint density at radius 1 is 1.39 bits per heavy atom. The number of rotatable bonds is 4. The summed E-state index contributed by atoms with van der Waals surface area (Å²) in [5, 5.41) is 6.91. The lowest BCUT2D eigenvalue weighted by molar-refractivity contribution is 0.249. The standard InChI is InChI=1S/C20H27N3/c1-4-5-15(2)6-7-17-12-18-13-20(8-10-21-11-9-20)16(3)23-19(18)22-14-17/h6-7,12,14,21H,2-5,8-11,13H2,1H3,(H,22,23)/b7-6+. The average Bonchev–Trinajstić information content (AvgIpc) is 2.55. The van der Waals surface area contributed by atoms with Crippen molar-refractivity contribution in [1.82, 2.24) is 10.3 Å². The molecule has 3 rings (SSSR count). The summed E-state index contributed by atoms with van der Waals surface area (Å²) in [6, 6.07) is 2.27.